The van der Waals surface area contributed by atoms with Crippen molar-refractivity contribution in [3.8, 4) is 0 Å². The van der Waals surface area contributed by atoms with Crippen LogP contribution in [0.5, 0.6) is 0 Å². The molecule has 1 heterocycles. The zero-order valence-electron chi connectivity index (χ0n) is 10.3. The number of carbonyl (C=O) groups excluding carboxylic acids is 1. The first kappa shape index (κ1) is 11.6. The molecule has 0 radical (unpaired) electrons. The van der Waals surface area contributed by atoms with Gasteiger partial charge in [-0.2, -0.15) is 0 Å². The maximum absolute atomic E-state index is 11.0. The summed E-state index contributed by atoms with van der Waals surface area (Å²) in [6.07, 6.45) is 6.51. The van der Waals surface area contributed by atoms with Crippen molar-refractivity contribution in [2.24, 2.45) is 17.3 Å². The van der Waals surface area contributed by atoms with E-state index < -0.39 is 0 Å². The second kappa shape index (κ2) is 4.17. The van der Waals surface area contributed by atoms with E-state index in [9.17, 15) is 4.79 Å². The first-order chi connectivity index (χ1) is 7.54. The number of allylic oxidation sites excluding steroid dienone is 2. The fraction of sp³-hybridized carbons (Fsp3) is 0.643. The van der Waals surface area contributed by atoms with Gasteiger partial charge in [0, 0.05) is 12.5 Å². The molecule has 1 fully saturated rings. The number of carbonyl (C=O) groups is 1. The van der Waals surface area contributed by atoms with Gasteiger partial charge in [0.05, 0.1) is 5.92 Å². The van der Waals surface area contributed by atoms with Gasteiger partial charge in [-0.3, -0.25) is 0 Å². The minimum absolute atomic E-state index is 0.0701. The molecule has 1 saturated heterocycles. The second-order valence-electron chi connectivity index (χ2n) is 5.62. The van der Waals surface area contributed by atoms with Gasteiger partial charge in [-0.05, 0) is 24.9 Å². The van der Waals surface area contributed by atoms with E-state index in [2.05, 4.69) is 31.4 Å². The van der Waals surface area contributed by atoms with Crippen LogP contribution in [0.1, 0.15) is 20.3 Å². The Bertz CT molecular complexity index is 326. The lowest BCUT2D eigenvalue weighted by molar-refractivity contribution is -0.109. The van der Waals surface area contributed by atoms with E-state index >= 15 is 0 Å². The third kappa shape index (κ3) is 1.99. The highest BCUT2D eigenvalue weighted by molar-refractivity contribution is 5.63. The molecule has 0 N–H and O–H groups in total. The summed E-state index contributed by atoms with van der Waals surface area (Å²) in [6, 6.07) is 0. The van der Waals surface area contributed by atoms with Gasteiger partial charge < -0.3 is 9.69 Å². The molecule has 2 heteroatoms. The van der Waals surface area contributed by atoms with E-state index in [1.54, 1.807) is 0 Å². The van der Waals surface area contributed by atoms with Crippen LogP contribution >= 0.6 is 0 Å². The van der Waals surface area contributed by atoms with Crippen molar-refractivity contribution in [2.45, 2.75) is 20.3 Å². The predicted octanol–water partition coefficient (Wildman–Crippen LogP) is 2.28. The van der Waals surface area contributed by atoms with Crippen molar-refractivity contribution < 1.29 is 4.79 Å². The monoisotopic (exact) mass is 219 g/mol. The molecular weight excluding hydrogens is 198 g/mol. The van der Waals surface area contributed by atoms with Crippen LogP contribution in [0.2, 0.25) is 0 Å². The second-order valence-corrected chi connectivity index (χ2v) is 5.62. The molecule has 0 aromatic rings. The molecule has 0 aromatic heterocycles. The molecule has 16 heavy (non-hydrogen) atoms. The Hall–Kier alpha value is -0.890. The zero-order valence-corrected chi connectivity index (χ0v) is 10.3. The first-order valence-electron chi connectivity index (χ1n) is 6.10. The van der Waals surface area contributed by atoms with E-state index in [-0.39, 0.29) is 11.3 Å². The van der Waals surface area contributed by atoms with Crippen molar-refractivity contribution in [2.75, 3.05) is 19.6 Å². The molecule has 2 aliphatic rings. The normalized spacial score (nSPS) is 33.5. The Morgan fingerprint density at radius 2 is 2.25 bits per heavy atom. The molecule has 0 aromatic carbocycles. The predicted molar refractivity (Wildman–Crippen MR) is 66.2 cm³/mol. The van der Waals surface area contributed by atoms with E-state index in [4.69, 9.17) is 0 Å². The van der Waals surface area contributed by atoms with Gasteiger partial charge in [0.2, 0.25) is 0 Å². The number of hydrogen-bond donors (Lipinski definition) is 0. The third-order valence-electron chi connectivity index (χ3n) is 4.04. The molecule has 0 saturated carbocycles. The van der Waals surface area contributed by atoms with Crippen molar-refractivity contribution in [1.82, 2.24) is 4.90 Å². The van der Waals surface area contributed by atoms with Crippen LogP contribution in [0.15, 0.2) is 24.3 Å². The average molecular weight is 219 g/mol. The van der Waals surface area contributed by atoms with E-state index in [0.29, 0.717) is 5.92 Å². The van der Waals surface area contributed by atoms with E-state index in [1.807, 2.05) is 6.08 Å². The van der Waals surface area contributed by atoms with Crippen LogP contribution in [0.3, 0.4) is 0 Å². The summed E-state index contributed by atoms with van der Waals surface area (Å²) >= 11 is 0. The molecule has 1 aliphatic carbocycles. The van der Waals surface area contributed by atoms with Gasteiger partial charge in [-0.1, -0.05) is 38.2 Å². The smallest absolute Gasteiger partial charge is 0.130 e. The van der Waals surface area contributed by atoms with Crippen molar-refractivity contribution in [3.63, 3.8) is 0 Å². The topological polar surface area (TPSA) is 20.3 Å². The Labute approximate surface area is 98.0 Å². The van der Waals surface area contributed by atoms with Crippen molar-refractivity contribution in [3.05, 3.63) is 24.3 Å². The van der Waals surface area contributed by atoms with Crippen molar-refractivity contribution >= 4 is 6.29 Å². The van der Waals surface area contributed by atoms with E-state index in [0.717, 1.165) is 18.4 Å². The molecule has 2 atom stereocenters. The van der Waals surface area contributed by atoms with Gasteiger partial charge >= 0.3 is 0 Å². The van der Waals surface area contributed by atoms with Crippen molar-refractivity contribution in [1.29, 1.82) is 0 Å². The number of aldehydes is 1. The molecule has 2 unspecified atom stereocenters. The lowest BCUT2D eigenvalue weighted by atomic mass is 9.67. The minimum atomic E-state index is -0.0701. The average Bonchev–Trinajstić information content (AvgIpc) is 2.14. The molecular formula is C14H21NO. The summed E-state index contributed by atoms with van der Waals surface area (Å²) in [7, 11) is 0. The Kier molecular flexibility index (Phi) is 3.02. The Balaban J connectivity index is 2.15. The number of nitrogens with zero attached hydrogens (tertiary/aromatic N) is 1. The first-order valence-corrected chi connectivity index (χ1v) is 6.10. The minimum Gasteiger partial charge on any atom is -0.303 e. The van der Waals surface area contributed by atoms with Crippen LogP contribution in [0, 0.1) is 17.3 Å². The Morgan fingerprint density at radius 1 is 1.56 bits per heavy atom. The molecule has 0 spiro atoms. The highest BCUT2D eigenvalue weighted by Gasteiger charge is 2.37. The Morgan fingerprint density at radius 3 is 2.75 bits per heavy atom. The van der Waals surface area contributed by atoms with Crippen LogP contribution in [-0.2, 0) is 4.79 Å². The fourth-order valence-corrected chi connectivity index (χ4v) is 2.61. The molecule has 1 aliphatic heterocycles. The van der Waals surface area contributed by atoms with Gasteiger partial charge in [0.25, 0.3) is 0 Å². The summed E-state index contributed by atoms with van der Waals surface area (Å²) in [5, 5.41) is 0. The van der Waals surface area contributed by atoms with Crippen LogP contribution < -0.4 is 0 Å². The highest BCUT2D eigenvalue weighted by atomic mass is 16.1. The van der Waals surface area contributed by atoms with Gasteiger partial charge in [0.1, 0.15) is 6.29 Å². The summed E-state index contributed by atoms with van der Waals surface area (Å²) in [5.74, 6) is 0.340. The van der Waals surface area contributed by atoms with Gasteiger partial charge in [-0.15, -0.1) is 0 Å². The number of hydrogen-bond acceptors (Lipinski definition) is 2. The van der Waals surface area contributed by atoms with Crippen LogP contribution in [0.25, 0.3) is 0 Å². The van der Waals surface area contributed by atoms with Crippen LogP contribution in [0.4, 0.5) is 0 Å². The van der Waals surface area contributed by atoms with E-state index in [1.165, 1.54) is 19.5 Å². The molecule has 2 nitrogen and oxygen atoms in total. The number of rotatable bonds is 3. The largest absolute Gasteiger partial charge is 0.303 e. The molecule has 0 amide bonds. The summed E-state index contributed by atoms with van der Waals surface area (Å²) in [4.78, 5) is 13.4. The molecule has 0 bridgehead atoms. The summed E-state index contributed by atoms with van der Waals surface area (Å²) < 4.78 is 0. The lowest BCUT2D eigenvalue weighted by Crippen LogP contribution is -2.45. The summed E-state index contributed by atoms with van der Waals surface area (Å²) in [5.41, 5.74) is 1.22. The number of likely N-dealkylation sites (tertiary alicyclic amines) is 1. The summed E-state index contributed by atoms with van der Waals surface area (Å²) in [6.45, 7) is 12.1. The molecule has 2 rings (SSSR count). The standard InChI is InChI=1S/C14H21NO/c1-11-12(10-16)5-6-14(2,3)13(11)9-15-7-4-8-15/h5-6,10,12-13H,1,4,7-9H2,2-3H3. The van der Waals surface area contributed by atoms with Gasteiger partial charge in [-0.25, -0.2) is 0 Å². The lowest BCUT2D eigenvalue weighted by Gasteiger charge is -2.43. The quantitative estimate of drug-likeness (QED) is 0.536. The highest BCUT2D eigenvalue weighted by Crippen LogP contribution is 2.41. The third-order valence-corrected chi connectivity index (χ3v) is 4.04. The molecule has 88 valence electrons. The zero-order chi connectivity index (χ0) is 11.8. The van der Waals surface area contributed by atoms with Crippen LogP contribution in [-0.4, -0.2) is 30.8 Å². The van der Waals surface area contributed by atoms with Gasteiger partial charge in [0.15, 0.2) is 0 Å². The maximum atomic E-state index is 11.0. The SMILES string of the molecule is C=C1C(C=O)C=CC(C)(C)C1CN1CCC1. The maximum Gasteiger partial charge on any atom is 0.130 e. The fourth-order valence-electron chi connectivity index (χ4n) is 2.61.